The molecule has 3 N–H and O–H groups in total. The van der Waals surface area contributed by atoms with Crippen LogP contribution >= 0.6 is 11.6 Å². The van der Waals surface area contributed by atoms with Gasteiger partial charge in [-0.1, -0.05) is 11.6 Å². The van der Waals surface area contributed by atoms with E-state index in [-0.39, 0.29) is 30.2 Å². The summed E-state index contributed by atoms with van der Waals surface area (Å²) >= 11 is 5.58. The Morgan fingerprint density at radius 1 is 1.06 bits per heavy atom. The van der Waals surface area contributed by atoms with Crippen LogP contribution in [0.4, 0.5) is 17.6 Å². The van der Waals surface area contributed by atoms with Crippen molar-refractivity contribution in [3.63, 3.8) is 0 Å². The Kier molecular flexibility index (Phi) is 8.55. The normalized spacial score (nSPS) is 21.3. The molecule has 1 aromatic carbocycles. The zero-order valence-electron chi connectivity index (χ0n) is 17.8. The summed E-state index contributed by atoms with van der Waals surface area (Å²) in [6.45, 7) is 0.391. The maximum atomic E-state index is 13.4. The van der Waals surface area contributed by atoms with Crippen LogP contribution in [0.15, 0.2) is 18.2 Å². The van der Waals surface area contributed by atoms with Crippen molar-refractivity contribution in [2.45, 2.75) is 38.1 Å². The van der Waals surface area contributed by atoms with E-state index in [0.717, 1.165) is 6.07 Å². The molecule has 2 fully saturated rings. The molecule has 0 bridgehead atoms. The number of carbonyl (C=O) groups excluding carboxylic acids is 3. The molecule has 3 amide bonds. The highest BCUT2D eigenvalue weighted by molar-refractivity contribution is 6.30. The predicted molar refractivity (Wildman–Crippen MR) is 109 cm³/mol. The Bertz CT molecular complexity index is 905. The molecule has 3 rings (SSSR count). The molecule has 0 spiro atoms. The van der Waals surface area contributed by atoms with Crippen LogP contribution in [0.25, 0.3) is 0 Å². The van der Waals surface area contributed by atoms with Crippen LogP contribution in [0.2, 0.25) is 5.02 Å². The van der Waals surface area contributed by atoms with Crippen molar-refractivity contribution in [3.05, 3.63) is 29.0 Å². The number of rotatable bonds is 7. The van der Waals surface area contributed by atoms with Crippen molar-refractivity contribution in [2.24, 2.45) is 11.8 Å². The fourth-order valence-corrected chi connectivity index (χ4v) is 3.69. The fraction of sp³-hybridized carbons (Fsp3) is 0.550. The molecular formula is C20H23ClF4N4O5. The lowest BCUT2D eigenvalue weighted by Gasteiger charge is -2.34. The minimum atomic E-state index is -4.74. The summed E-state index contributed by atoms with van der Waals surface area (Å²) < 4.78 is 58.8. The second-order valence-electron chi connectivity index (χ2n) is 7.99. The number of benzene rings is 1. The quantitative estimate of drug-likeness (QED) is 0.383. The fourth-order valence-electron chi connectivity index (χ4n) is 3.57. The zero-order chi connectivity index (χ0) is 24.9. The number of amides is 3. The Morgan fingerprint density at radius 3 is 2.26 bits per heavy atom. The van der Waals surface area contributed by atoms with E-state index in [9.17, 15) is 31.9 Å². The van der Waals surface area contributed by atoms with Crippen molar-refractivity contribution in [3.8, 4) is 5.75 Å². The molecule has 1 aromatic rings. The van der Waals surface area contributed by atoms with E-state index in [2.05, 4.69) is 21.0 Å². The number of nitrogens with zero attached hydrogens (tertiary/aromatic N) is 1. The third-order valence-electron chi connectivity index (χ3n) is 5.48. The van der Waals surface area contributed by atoms with Crippen molar-refractivity contribution in [1.82, 2.24) is 21.3 Å². The van der Waals surface area contributed by atoms with Gasteiger partial charge in [-0.05, 0) is 37.8 Å². The average Bonchev–Trinajstić information content (AvgIpc) is 2.74. The van der Waals surface area contributed by atoms with Gasteiger partial charge in [0, 0.05) is 31.0 Å². The van der Waals surface area contributed by atoms with Gasteiger partial charge in [-0.25, -0.2) is 9.40 Å². The number of nitrogens with one attached hydrogen (secondary N) is 3. The topological polar surface area (TPSA) is 109 Å². The summed E-state index contributed by atoms with van der Waals surface area (Å²) in [5, 5.41) is 1.56. The van der Waals surface area contributed by atoms with Crippen LogP contribution < -0.4 is 21.0 Å². The minimum absolute atomic E-state index is 0.0597. The van der Waals surface area contributed by atoms with Gasteiger partial charge in [-0.2, -0.15) is 0 Å². The Hall–Kier alpha value is -2.64. The monoisotopic (exact) mass is 510 g/mol. The molecule has 34 heavy (non-hydrogen) atoms. The highest BCUT2D eigenvalue weighted by atomic mass is 35.5. The first-order valence-electron chi connectivity index (χ1n) is 10.5. The molecule has 1 aliphatic carbocycles. The number of halogens is 5. The van der Waals surface area contributed by atoms with Crippen LogP contribution in [-0.4, -0.2) is 54.9 Å². The summed E-state index contributed by atoms with van der Waals surface area (Å²) in [5.74, 6) is -3.03. The molecule has 1 aliphatic heterocycles. The van der Waals surface area contributed by atoms with E-state index >= 15 is 0 Å². The molecule has 188 valence electrons. The van der Waals surface area contributed by atoms with Crippen LogP contribution in [0.1, 0.15) is 25.7 Å². The highest BCUT2D eigenvalue weighted by Gasteiger charge is 2.42. The Morgan fingerprint density at radius 2 is 1.68 bits per heavy atom. The number of hydrogen-bond acceptors (Lipinski definition) is 6. The van der Waals surface area contributed by atoms with Gasteiger partial charge in [-0.3, -0.25) is 35.4 Å². The van der Waals surface area contributed by atoms with Gasteiger partial charge in [-0.15, -0.1) is 13.2 Å². The first-order chi connectivity index (χ1) is 16.0. The summed E-state index contributed by atoms with van der Waals surface area (Å²) in [4.78, 5) is 36.2. The minimum Gasteiger partial charge on any atom is -0.484 e. The third-order valence-corrected chi connectivity index (χ3v) is 5.79. The molecule has 14 heteroatoms. The van der Waals surface area contributed by atoms with Gasteiger partial charge in [0.2, 0.25) is 11.8 Å². The molecule has 0 radical (unpaired) electrons. The number of carbonyl (C=O) groups is 3. The largest absolute Gasteiger partial charge is 0.522 e. The van der Waals surface area contributed by atoms with Gasteiger partial charge in [0.25, 0.3) is 5.91 Å². The molecule has 2 aliphatic rings. The first kappa shape index (κ1) is 26.0. The maximum Gasteiger partial charge on any atom is 0.522 e. The number of hydrazine groups is 2. The smallest absolute Gasteiger partial charge is 0.484 e. The van der Waals surface area contributed by atoms with Gasteiger partial charge >= 0.3 is 6.36 Å². The molecule has 1 heterocycles. The second-order valence-corrected chi connectivity index (χ2v) is 8.40. The van der Waals surface area contributed by atoms with E-state index in [1.165, 1.54) is 12.1 Å². The number of alkyl halides is 3. The molecule has 0 atom stereocenters. The van der Waals surface area contributed by atoms with Gasteiger partial charge < -0.3 is 4.74 Å². The molecule has 1 saturated carbocycles. The van der Waals surface area contributed by atoms with Crippen LogP contribution in [0.3, 0.4) is 0 Å². The number of piperidine rings is 1. The predicted octanol–water partition coefficient (Wildman–Crippen LogP) is 2.06. The van der Waals surface area contributed by atoms with Crippen LogP contribution in [0.5, 0.6) is 5.75 Å². The molecule has 0 unspecified atom stereocenters. The summed E-state index contributed by atoms with van der Waals surface area (Å²) in [7, 11) is 0. The number of ether oxygens (including phenoxy) is 2. The summed E-state index contributed by atoms with van der Waals surface area (Å²) in [5.41, 5.74) is 7.17. The maximum absolute atomic E-state index is 13.4. The van der Waals surface area contributed by atoms with Gasteiger partial charge in [0.15, 0.2) is 6.61 Å². The van der Waals surface area contributed by atoms with Crippen LogP contribution in [-0.2, 0) is 19.1 Å². The Balaban J connectivity index is 1.29. The first-order valence-corrected chi connectivity index (χ1v) is 10.8. The lowest BCUT2D eigenvalue weighted by Crippen LogP contribution is -2.53. The van der Waals surface area contributed by atoms with Crippen molar-refractivity contribution in [1.29, 1.82) is 0 Å². The standard InChI is InChI=1S/C20H23ClF4N4O5/c21-15-2-1-13(9-16(15)22)33-10-17(30)28-29-5-3-11(4-6-29)18(31)26-27-19(32)12-7-14(8-12)34-20(23,24)25/h1-2,9,11-12,14H,3-8,10H2,(H,26,31)(H,27,32)(H,28,30). The van der Waals surface area contributed by atoms with Gasteiger partial charge in [0.1, 0.15) is 11.6 Å². The van der Waals surface area contributed by atoms with E-state index < -0.39 is 47.8 Å². The lowest BCUT2D eigenvalue weighted by molar-refractivity contribution is -0.353. The molecule has 0 aromatic heterocycles. The lowest BCUT2D eigenvalue weighted by atomic mass is 9.82. The molecule has 1 saturated heterocycles. The number of hydrogen-bond donors (Lipinski definition) is 3. The average molecular weight is 511 g/mol. The van der Waals surface area contributed by atoms with Crippen molar-refractivity contribution in [2.75, 3.05) is 19.7 Å². The third kappa shape index (κ3) is 7.71. The van der Waals surface area contributed by atoms with Gasteiger partial charge in [0.05, 0.1) is 11.1 Å². The van der Waals surface area contributed by atoms with E-state index in [4.69, 9.17) is 16.3 Å². The second kappa shape index (κ2) is 11.2. The molecular weight excluding hydrogens is 488 g/mol. The van der Waals surface area contributed by atoms with E-state index in [1.807, 2.05) is 0 Å². The van der Waals surface area contributed by atoms with E-state index in [0.29, 0.717) is 25.9 Å². The zero-order valence-corrected chi connectivity index (χ0v) is 18.5. The Labute approximate surface area is 197 Å². The highest BCUT2D eigenvalue weighted by Crippen LogP contribution is 2.34. The molecule has 9 nitrogen and oxygen atoms in total. The van der Waals surface area contributed by atoms with E-state index in [1.54, 1.807) is 5.01 Å². The van der Waals surface area contributed by atoms with Crippen molar-refractivity contribution < 1.29 is 41.4 Å². The van der Waals surface area contributed by atoms with Crippen LogP contribution in [0, 0.1) is 17.7 Å². The SMILES string of the molecule is O=C(COc1ccc(Cl)c(F)c1)NN1CCC(C(=O)NNC(=O)C2CC(OC(F)(F)F)C2)CC1. The van der Waals surface area contributed by atoms with Crippen molar-refractivity contribution >= 4 is 29.3 Å². The summed E-state index contributed by atoms with van der Waals surface area (Å²) in [6.07, 6.45) is -5.14. The summed E-state index contributed by atoms with van der Waals surface area (Å²) in [6, 6.07) is 3.81.